The van der Waals surface area contributed by atoms with Gasteiger partial charge in [0.15, 0.2) is 0 Å². The minimum atomic E-state index is -0.140. The van der Waals surface area contributed by atoms with Crippen molar-refractivity contribution >= 4 is 5.69 Å². The van der Waals surface area contributed by atoms with Crippen LogP contribution in [0.15, 0.2) is 30.4 Å². The van der Waals surface area contributed by atoms with Crippen LogP contribution < -0.4 is 5.32 Å². The van der Waals surface area contributed by atoms with Gasteiger partial charge in [-0.05, 0) is 31.0 Å². The summed E-state index contributed by atoms with van der Waals surface area (Å²) in [6.45, 7) is 8.33. The molecule has 1 aromatic rings. The molecule has 1 N–H and O–H groups in total. The minimum Gasteiger partial charge on any atom is -0.381 e. The van der Waals surface area contributed by atoms with Crippen molar-refractivity contribution in [2.75, 3.05) is 11.9 Å². The maximum atomic E-state index is 13.3. The van der Waals surface area contributed by atoms with Gasteiger partial charge in [0.05, 0.1) is 0 Å². The van der Waals surface area contributed by atoms with E-state index in [2.05, 4.69) is 11.9 Å². The molecule has 0 saturated heterocycles. The number of anilines is 1. The molecule has 0 aliphatic carbocycles. The number of aryl methyl sites for hydroxylation is 1. The first-order chi connectivity index (χ1) is 6.63. The Morgan fingerprint density at radius 2 is 2.21 bits per heavy atom. The third-order valence-corrected chi connectivity index (χ3v) is 2.03. The van der Waals surface area contributed by atoms with Crippen molar-refractivity contribution in [3.05, 3.63) is 41.7 Å². The van der Waals surface area contributed by atoms with E-state index in [9.17, 15) is 4.39 Å². The van der Waals surface area contributed by atoms with Crippen LogP contribution in [0, 0.1) is 5.82 Å². The molecule has 14 heavy (non-hydrogen) atoms. The quantitative estimate of drug-likeness (QED) is 0.723. The zero-order valence-electron chi connectivity index (χ0n) is 8.73. The van der Waals surface area contributed by atoms with Gasteiger partial charge in [0.25, 0.3) is 0 Å². The second-order valence-electron chi connectivity index (χ2n) is 3.47. The lowest BCUT2D eigenvalue weighted by molar-refractivity contribution is 0.612. The fourth-order valence-electron chi connectivity index (χ4n) is 1.20. The number of hydrogen-bond donors (Lipinski definition) is 1. The van der Waals surface area contributed by atoms with Crippen LogP contribution in [-0.2, 0) is 6.42 Å². The van der Waals surface area contributed by atoms with E-state index in [4.69, 9.17) is 0 Å². The van der Waals surface area contributed by atoms with Crippen LogP contribution in [0.5, 0.6) is 0 Å². The molecule has 0 spiro atoms. The standard InChI is InChI=1S/C12H16FN/c1-4-10-5-6-11(7-12(10)13)14-8-9(2)3/h5-7,14H,2,4,8H2,1,3H3. The largest absolute Gasteiger partial charge is 0.381 e. The molecule has 0 aliphatic rings. The zero-order valence-corrected chi connectivity index (χ0v) is 8.73. The third kappa shape index (κ3) is 2.87. The van der Waals surface area contributed by atoms with Gasteiger partial charge in [-0.15, -0.1) is 0 Å². The monoisotopic (exact) mass is 193 g/mol. The van der Waals surface area contributed by atoms with Gasteiger partial charge in [-0.25, -0.2) is 4.39 Å². The summed E-state index contributed by atoms with van der Waals surface area (Å²) in [5.41, 5.74) is 2.60. The van der Waals surface area contributed by atoms with Crippen molar-refractivity contribution in [1.82, 2.24) is 0 Å². The molecule has 0 bridgehead atoms. The van der Waals surface area contributed by atoms with E-state index in [1.807, 2.05) is 26.0 Å². The maximum absolute atomic E-state index is 13.3. The number of hydrogen-bond acceptors (Lipinski definition) is 1. The number of halogens is 1. The SMILES string of the molecule is C=C(C)CNc1ccc(CC)c(F)c1. The maximum Gasteiger partial charge on any atom is 0.128 e. The second kappa shape index (κ2) is 4.80. The summed E-state index contributed by atoms with van der Waals surface area (Å²) in [6, 6.07) is 5.24. The summed E-state index contributed by atoms with van der Waals surface area (Å²) in [7, 11) is 0. The summed E-state index contributed by atoms with van der Waals surface area (Å²) in [6.07, 6.45) is 0.729. The molecule has 0 fully saturated rings. The molecule has 0 amide bonds. The Labute approximate surface area is 84.6 Å². The first-order valence-electron chi connectivity index (χ1n) is 4.80. The summed E-state index contributed by atoms with van der Waals surface area (Å²) >= 11 is 0. The molecule has 0 radical (unpaired) electrons. The fourth-order valence-corrected chi connectivity index (χ4v) is 1.20. The summed E-state index contributed by atoms with van der Waals surface area (Å²) in [5.74, 6) is -0.140. The summed E-state index contributed by atoms with van der Waals surface area (Å²) < 4.78 is 13.3. The highest BCUT2D eigenvalue weighted by atomic mass is 19.1. The third-order valence-electron chi connectivity index (χ3n) is 2.03. The van der Waals surface area contributed by atoms with Crippen LogP contribution in [0.4, 0.5) is 10.1 Å². The number of rotatable bonds is 4. The second-order valence-corrected chi connectivity index (χ2v) is 3.47. The van der Waals surface area contributed by atoms with Crippen molar-refractivity contribution in [3.8, 4) is 0 Å². The number of benzene rings is 1. The predicted molar refractivity (Wildman–Crippen MR) is 59.1 cm³/mol. The van der Waals surface area contributed by atoms with Gasteiger partial charge in [-0.3, -0.25) is 0 Å². The van der Waals surface area contributed by atoms with Gasteiger partial charge in [0, 0.05) is 12.2 Å². The normalized spacial score (nSPS) is 9.93. The molecule has 0 aliphatic heterocycles. The van der Waals surface area contributed by atoms with Gasteiger partial charge in [0.2, 0.25) is 0 Å². The molecular weight excluding hydrogens is 177 g/mol. The van der Waals surface area contributed by atoms with Crippen molar-refractivity contribution in [1.29, 1.82) is 0 Å². The molecule has 0 heterocycles. The minimum absolute atomic E-state index is 0.140. The van der Waals surface area contributed by atoms with Crippen molar-refractivity contribution < 1.29 is 4.39 Å². The highest BCUT2D eigenvalue weighted by Crippen LogP contribution is 2.15. The molecule has 0 atom stereocenters. The highest BCUT2D eigenvalue weighted by molar-refractivity contribution is 5.46. The molecule has 1 nitrogen and oxygen atoms in total. The van der Waals surface area contributed by atoms with E-state index >= 15 is 0 Å². The Kier molecular flexibility index (Phi) is 3.69. The van der Waals surface area contributed by atoms with E-state index in [0.29, 0.717) is 6.54 Å². The Hall–Kier alpha value is -1.31. The Bertz CT molecular complexity index is 331. The van der Waals surface area contributed by atoms with Gasteiger partial charge < -0.3 is 5.32 Å². The van der Waals surface area contributed by atoms with E-state index in [-0.39, 0.29) is 5.82 Å². The lowest BCUT2D eigenvalue weighted by Crippen LogP contribution is -2.02. The lowest BCUT2D eigenvalue weighted by Gasteiger charge is -2.07. The zero-order chi connectivity index (χ0) is 10.6. The molecule has 2 heteroatoms. The van der Waals surface area contributed by atoms with Gasteiger partial charge >= 0.3 is 0 Å². The Morgan fingerprint density at radius 3 is 2.71 bits per heavy atom. The van der Waals surface area contributed by atoms with Crippen LogP contribution in [0.25, 0.3) is 0 Å². The van der Waals surface area contributed by atoms with E-state index in [0.717, 1.165) is 23.2 Å². The highest BCUT2D eigenvalue weighted by Gasteiger charge is 2.00. The topological polar surface area (TPSA) is 12.0 Å². The first-order valence-corrected chi connectivity index (χ1v) is 4.80. The van der Waals surface area contributed by atoms with E-state index < -0.39 is 0 Å². The van der Waals surface area contributed by atoms with Gasteiger partial charge in [-0.1, -0.05) is 25.1 Å². The van der Waals surface area contributed by atoms with Crippen LogP contribution >= 0.6 is 0 Å². The first kappa shape index (κ1) is 10.8. The molecule has 1 aromatic carbocycles. The molecule has 76 valence electrons. The van der Waals surface area contributed by atoms with Crippen molar-refractivity contribution in [2.24, 2.45) is 0 Å². The Balaban J connectivity index is 2.71. The number of nitrogens with one attached hydrogen (secondary N) is 1. The molecule has 1 rings (SSSR count). The fraction of sp³-hybridized carbons (Fsp3) is 0.333. The van der Waals surface area contributed by atoms with E-state index in [1.165, 1.54) is 6.07 Å². The summed E-state index contributed by atoms with van der Waals surface area (Å²) in [5, 5.41) is 3.10. The average Bonchev–Trinajstić information content (AvgIpc) is 2.15. The predicted octanol–water partition coefficient (Wildman–Crippen LogP) is 3.38. The van der Waals surface area contributed by atoms with Gasteiger partial charge in [0.1, 0.15) is 5.82 Å². The summed E-state index contributed by atoms with van der Waals surface area (Å²) in [4.78, 5) is 0. The molecule has 0 saturated carbocycles. The van der Waals surface area contributed by atoms with Crippen molar-refractivity contribution in [2.45, 2.75) is 20.3 Å². The van der Waals surface area contributed by atoms with Crippen molar-refractivity contribution in [3.63, 3.8) is 0 Å². The lowest BCUT2D eigenvalue weighted by atomic mass is 10.1. The molecule has 0 unspecified atom stereocenters. The van der Waals surface area contributed by atoms with E-state index in [1.54, 1.807) is 0 Å². The molecule has 0 aromatic heterocycles. The molecular formula is C12H16FN. The van der Waals surface area contributed by atoms with Crippen LogP contribution in [0.3, 0.4) is 0 Å². The average molecular weight is 193 g/mol. The smallest absolute Gasteiger partial charge is 0.128 e. The van der Waals surface area contributed by atoms with Crippen LogP contribution in [0.2, 0.25) is 0 Å². The van der Waals surface area contributed by atoms with Gasteiger partial charge in [-0.2, -0.15) is 0 Å². The Morgan fingerprint density at radius 1 is 1.50 bits per heavy atom. The van der Waals surface area contributed by atoms with Crippen LogP contribution in [0.1, 0.15) is 19.4 Å². The van der Waals surface area contributed by atoms with Crippen LogP contribution in [-0.4, -0.2) is 6.54 Å².